The number of rotatable bonds is 5. The van der Waals surface area contributed by atoms with Crippen molar-refractivity contribution < 1.29 is 9.90 Å². The zero-order valence-electron chi connectivity index (χ0n) is 11.8. The largest absolute Gasteiger partial charge is 0.480 e. The molecule has 1 aromatic carbocycles. The molecule has 1 rings (SSSR count). The Hall–Kier alpha value is -1.51. The van der Waals surface area contributed by atoms with Crippen LogP contribution in [0, 0.1) is 0 Å². The SMILES string of the molecule is CC(Nc1ccc(C(C)C)cc1C(C)C)C(=O)O. The van der Waals surface area contributed by atoms with Gasteiger partial charge in [-0.15, -0.1) is 0 Å². The quantitative estimate of drug-likeness (QED) is 0.834. The Labute approximate surface area is 109 Å². The van der Waals surface area contributed by atoms with Gasteiger partial charge in [0.25, 0.3) is 0 Å². The maximum absolute atomic E-state index is 10.9. The predicted molar refractivity (Wildman–Crippen MR) is 75.3 cm³/mol. The number of aliphatic carboxylic acids is 1. The first-order valence-corrected chi connectivity index (χ1v) is 6.46. The molecule has 0 bridgehead atoms. The number of hydrogen-bond acceptors (Lipinski definition) is 2. The molecule has 1 atom stereocenters. The zero-order chi connectivity index (χ0) is 13.9. The Kier molecular flexibility index (Phi) is 4.76. The summed E-state index contributed by atoms with van der Waals surface area (Å²) >= 11 is 0. The minimum atomic E-state index is -0.836. The number of anilines is 1. The van der Waals surface area contributed by atoms with Crippen molar-refractivity contribution in [1.29, 1.82) is 0 Å². The van der Waals surface area contributed by atoms with Crippen LogP contribution in [-0.4, -0.2) is 17.1 Å². The minimum Gasteiger partial charge on any atom is -0.480 e. The van der Waals surface area contributed by atoms with E-state index in [-0.39, 0.29) is 0 Å². The summed E-state index contributed by atoms with van der Waals surface area (Å²) in [7, 11) is 0. The van der Waals surface area contributed by atoms with Crippen LogP contribution >= 0.6 is 0 Å². The van der Waals surface area contributed by atoms with Crippen LogP contribution in [0.2, 0.25) is 0 Å². The fourth-order valence-corrected chi connectivity index (χ4v) is 1.84. The van der Waals surface area contributed by atoms with Gasteiger partial charge in [-0.1, -0.05) is 39.8 Å². The second-order valence-electron chi connectivity index (χ2n) is 5.36. The van der Waals surface area contributed by atoms with Gasteiger partial charge in [0, 0.05) is 5.69 Å². The van der Waals surface area contributed by atoms with Gasteiger partial charge in [-0.2, -0.15) is 0 Å². The molecule has 0 heterocycles. The first-order chi connectivity index (χ1) is 8.32. The van der Waals surface area contributed by atoms with Crippen molar-refractivity contribution in [2.45, 2.75) is 52.5 Å². The number of benzene rings is 1. The summed E-state index contributed by atoms with van der Waals surface area (Å²) in [6, 6.07) is 5.65. The summed E-state index contributed by atoms with van der Waals surface area (Å²) < 4.78 is 0. The highest BCUT2D eigenvalue weighted by Crippen LogP contribution is 2.28. The van der Waals surface area contributed by atoms with Crippen molar-refractivity contribution >= 4 is 11.7 Å². The number of carboxylic acid groups (broad SMARTS) is 1. The molecule has 100 valence electrons. The topological polar surface area (TPSA) is 49.3 Å². The summed E-state index contributed by atoms with van der Waals surface area (Å²) in [4.78, 5) is 10.9. The number of nitrogens with one attached hydrogen (secondary N) is 1. The number of hydrogen-bond donors (Lipinski definition) is 2. The Morgan fingerprint density at radius 2 is 1.72 bits per heavy atom. The highest BCUT2D eigenvalue weighted by molar-refractivity contribution is 5.77. The van der Waals surface area contributed by atoms with Gasteiger partial charge < -0.3 is 10.4 Å². The Balaban J connectivity index is 3.08. The summed E-state index contributed by atoms with van der Waals surface area (Å²) in [5, 5.41) is 12.0. The molecular weight excluding hydrogens is 226 g/mol. The average molecular weight is 249 g/mol. The van der Waals surface area contributed by atoms with E-state index in [0.29, 0.717) is 11.8 Å². The maximum Gasteiger partial charge on any atom is 0.325 e. The van der Waals surface area contributed by atoms with E-state index in [1.54, 1.807) is 6.92 Å². The molecule has 0 spiro atoms. The summed E-state index contributed by atoms with van der Waals surface area (Å²) in [6.07, 6.45) is 0. The number of carbonyl (C=O) groups is 1. The van der Waals surface area contributed by atoms with Gasteiger partial charge in [0.2, 0.25) is 0 Å². The normalized spacial score (nSPS) is 12.8. The first kappa shape index (κ1) is 14.6. The molecule has 0 saturated carbocycles. The Bertz CT molecular complexity index is 425. The fraction of sp³-hybridized carbons (Fsp3) is 0.533. The maximum atomic E-state index is 10.9. The van der Waals surface area contributed by atoms with Crippen LogP contribution in [0.25, 0.3) is 0 Å². The molecular formula is C15H23NO2. The van der Waals surface area contributed by atoms with Crippen molar-refractivity contribution in [3.8, 4) is 0 Å². The Morgan fingerprint density at radius 3 is 2.17 bits per heavy atom. The van der Waals surface area contributed by atoms with E-state index < -0.39 is 12.0 Å². The van der Waals surface area contributed by atoms with Crippen LogP contribution < -0.4 is 5.32 Å². The number of carboxylic acids is 1. The molecule has 1 unspecified atom stereocenters. The van der Waals surface area contributed by atoms with E-state index in [2.05, 4.69) is 45.1 Å². The molecule has 0 fully saturated rings. The van der Waals surface area contributed by atoms with E-state index in [1.807, 2.05) is 6.07 Å². The van der Waals surface area contributed by atoms with E-state index in [0.717, 1.165) is 5.69 Å². The Morgan fingerprint density at radius 1 is 1.11 bits per heavy atom. The lowest BCUT2D eigenvalue weighted by atomic mass is 9.94. The molecule has 0 radical (unpaired) electrons. The van der Waals surface area contributed by atoms with Crippen molar-refractivity contribution in [3.05, 3.63) is 29.3 Å². The second kappa shape index (κ2) is 5.89. The van der Waals surface area contributed by atoms with Crippen molar-refractivity contribution in [1.82, 2.24) is 0 Å². The van der Waals surface area contributed by atoms with Gasteiger partial charge in [-0.05, 0) is 36.0 Å². The minimum absolute atomic E-state index is 0.368. The molecule has 18 heavy (non-hydrogen) atoms. The molecule has 0 aliphatic rings. The predicted octanol–water partition coefficient (Wildman–Crippen LogP) is 3.82. The lowest BCUT2D eigenvalue weighted by molar-refractivity contribution is -0.137. The molecule has 2 N–H and O–H groups in total. The summed E-state index contributed by atoms with van der Waals surface area (Å²) in [5.41, 5.74) is 3.38. The zero-order valence-corrected chi connectivity index (χ0v) is 11.8. The second-order valence-corrected chi connectivity index (χ2v) is 5.36. The van der Waals surface area contributed by atoms with Crippen LogP contribution in [0.15, 0.2) is 18.2 Å². The van der Waals surface area contributed by atoms with Crippen LogP contribution in [0.3, 0.4) is 0 Å². The van der Waals surface area contributed by atoms with Crippen LogP contribution in [0.5, 0.6) is 0 Å². The van der Waals surface area contributed by atoms with Gasteiger partial charge in [0.05, 0.1) is 0 Å². The molecule has 1 aromatic rings. The molecule has 0 aliphatic carbocycles. The standard InChI is InChI=1S/C15H23NO2/c1-9(2)12-6-7-14(13(8-12)10(3)4)16-11(5)15(17)18/h6-11,16H,1-5H3,(H,17,18). The van der Waals surface area contributed by atoms with E-state index in [4.69, 9.17) is 5.11 Å². The van der Waals surface area contributed by atoms with Crippen molar-refractivity contribution in [2.24, 2.45) is 0 Å². The van der Waals surface area contributed by atoms with Crippen LogP contribution in [-0.2, 0) is 4.79 Å². The van der Waals surface area contributed by atoms with Gasteiger partial charge in [0.15, 0.2) is 0 Å². The average Bonchev–Trinajstić information content (AvgIpc) is 2.28. The molecule has 0 saturated heterocycles. The van der Waals surface area contributed by atoms with Gasteiger partial charge in [0.1, 0.15) is 6.04 Å². The van der Waals surface area contributed by atoms with Crippen molar-refractivity contribution in [3.63, 3.8) is 0 Å². The van der Waals surface area contributed by atoms with Crippen LogP contribution in [0.4, 0.5) is 5.69 Å². The van der Waals surface area contributed by atoms with Crippen LogP contribution in [0.1, 0.15) is 57.6 Å². The summed E-state index contributed by atoms with van der Waals surface area (Å²) in [5.74, 6) is 0.0123. The van der Waals surface area contributed by atoms with Gasteiger partial charge in [-0.3, -0.25) is 4.79 Å². The third kappa shape index (κ3) is 3.49. The molecule has 0 amide bonds. The van der Waals surface area contributed by atoms with Gasteiger partial charge >= 0.3 is 5.97 Å². The van der Waals surface area contributed by atoms with E-state index in [9.17, 15) is 4.79 Å². The molecule has 3 heteroatoms. The molecule has 0 aromatic heterocycles. The lowest BCUT2D eigenvalue weighted by Gasteiger charge is -2.19. The van der Waals surface area contributed by atoms with E-state index >= 15 is 0 Å². The monoisotopic (exact) mass is 249 g/mol. The highest BCUT2D eigenvalue weighted by Gasteiger charge is 2.15. The summed E-state index contributed by atoms with van der Waals surface area (Å²) in [6.45, 7) is 10.2. The smallest absolute Gasteiger partial charge is 0.325 e. The third-order valence-corrected chi connectivity index (χ3v) is 3.11. The highest BCUT2D eigenvalue weighted by atomic mass is 16.4. The molecule has 0 aliphatic heterocycles. The van der Waals surface area contributed by atoms with Crippen molar-refractivity contribution in [2.75, 3.05) is 5.32 Å². The third-order valence-electron chi connectivity index (χ3n) is 3.11. The lowest BCUT2D eigenvalue weighted by Crippen LogP contribution is -2.26. The van der Waals surface area contributed by atoms with E-state index in [1.165, 1.54) is 11.1 Å². The molecule has 3 nitrogen and oxygen atoms in total. The van der Waals surface area contributed by atoms with Gasteiger partial charge in [-0.25, -0.2) is 0 Å². The fourth-order valence-electron chi connectivity index (χ4n) is 1.84. The first-order valence-electron chi connectivity index (χ1n) is 6.46.